The van der Waals surface area contributed by atoms with E-state index in [2.05, 4.69) is 10.2 Å². The van der Waals surface area contributed by atoms with Gasteiger partial charge in [-0.2, -0.15) is 0 Å². The number of amides is 1. The van der Waals surface area contributed by atoms with Crippen LogP contribution in [0.3, 0.4) is 0 Å². The van der Waals surface area contributed by atoms with Crippen molar-refractivity contribution in [2.75, 3.05) is 42.9 Å². The van der Waals surface area contributed by atoms with Crippen molar-refractivity contribution >= 4 is 28.9 Å². The Labute approximate surface area is 168 Å². The molecule has 2 aromatic carbocycles. The summed E-state index contributed by atoms with van der Waals surface area (Å²) in [5.74, 6) is -1.20. The average molecular weight is 408 g/mol. The summed E-state index contributed by atoms with van der Waals surface area (Å²) in [5.41, 5.74) is 0.782. The van der Waals surface area contributed by atoms with Gasteiger partial charge in [0.15, 0.2) is 0 Å². The monoisotopic (exact) mass is 407 g/mol. The average Bonchev–Trinajstić information content (AvgIpc) is 2.64. The highest BCUT2D eigenvalue weighted by Gasteiger charge is 2.21. The molecule has 0 aromatic heterocycles. The van der Waals surface area contributed by atoms with E-state index in [-0.39, 0.29) is 17.4 Å². The van der Waals surface area contributed by atoms with Gasteiger partial charge in [-0.05, 0) is 43.3 Å². The summed E-state index contributed by atoms with van der Waals surface area (Å²) in [5, 5.41) is 22.2. The summed E-state index contributed by atoms with van der Waals surface area (Å²) >= 11 is 5.86. The van der Waals surface area contributed by atoms with Crippen LogP contribution in [-0.4, -0.2) is 59.8 Å². The summed E-state index contributed by atoms with van der Waals surface area (Å²) in [7, 11) is 0. The Bertz CT molecular complexity index is 855. The molecule has 0 saturated carbocycles. The summed E-state index contributed by atoms with van der Waals surface area (Å²) in [6, 6.07) is 8.68. The van der Waals surface area contributed by atoms with Crippen molar-refractivity contribution in [2.24, 2.45) is 0 Å². The van der Waals surface area contributed by atoms with E-state index in [0.717, 1.165) is 13.1 Å². The Kier molecular flexibility index (Phi) is 6.39. The number of hydrogen-bond donors (Lipinski definition) is 3. The lowest BCUT2D eigenvalue weighted by Gasteiger charge is -2.36. The minimum atomic E-state index is -0.570. The number of halogens is 2. The number of β-amino-alcohol motifs (C(OH)–C–C–N with tert-alkyl or cyclic N) is 1. The Balaban J connectivity index is 1.66. The molecular weight excluding hydrogens is 385 g/mol. The molecular formula is C20H23ClFN3O3. The summed E-state index contributed by atoms with van der Waals surface area (Å²) < 4.78 is 14.6. The van der Waals surface area contributed by atoms with Crippen LogP contribution in [0.4, 0.5) is 15.8 Å². The maximum atomic E-state index is 14.6. The Morgan fingerprint density at radius 2 is 1.93 bits per heavy atom. The highest BCUT2D eigenvalue weighted by Crippen LogP contribution is 2.26. The lowest BCUT2D eigenvalue weighted by molar-refractivity contribution is 0.102. The zero-order valence-corrected chi connectivity index (χ0v) is 16.3. The first-order valence-corrected chi connectivity index (χ1v) is 9.46. The molecule has 0 spiro atoms. The minimum absolute atomic E-state index is 0.0196. The van der Waals surface area contributed by atoms with Gasteiger partial charge in [-0.15, -0.1) is 0 Å². The molecule has 1 atom stereocenters. The first-order valence-electron chi connectivity index (χ1n) is 9.08. The van der Waals surface area contributed by atoms with Crippen molar-refractivity contribution in [3.05, 3.63) is 52.8 Å². The number of aromatic hydroxyl groups is 1. The molecule has 1 aliphatic heterocycles. The highest BCUT2D eigenvalue weighted by atomic mass is 35.5. The van der Waals surface area contributed by atoms with E-state index in [0.29, 0.717) is 36.0 Å². The molecule has 1 fully saturated rings. The summed E-state index contributed by atoms with van der Waals surface area (Å²) in [6.07, 6.45) is -0.384. The van der Waals surface area contributed by atoms with Crippen molar-refractivity contribution in [1.29, 1.82) is 0 Å². The molecule has 1 amide bonds. The third kappa shape index (κ3) is 4.92. The number of nitrogens with one attached hydrogen (secondary N) is 1. The van der Waals surface area contributed by atoms with E-state index in [1.54, 1.807) is 19.1 Å². The van der Waals surface area contributed by atoms with Crippen LogP contribution >= 0.6 is 11.6 Å². The van der Waals surface area contributed by atoms with Crippen molar-refractivity contribution < 1.29 is 19.4 Å². The van der Waals surface area contributed by atoms with Gasteiger partial charge in [-0.1, -0.05) is 11.6 Å². The number of aliphatic hydroxyl groups excluding tert-OH is 1. The molecule has 8 heteroatoms. The van der Waals surface area contributed by atoms with E-state index in [1.165, 1.54) is 24.3 Å². The van der Waals surface area contributed by atoms with Crippen LogP contribution in [0.5, 0.6) is 5.75 Å². The predicted octanol–water partition coefficient (Wildman–Crippen LogP) is 2.94. The number of phenolic OH excluding ortho intramolecular Hbond substituents is 1. The molecule has 3 rings (SSSR count). The number of rotatable bonds is 5. The molecule has 2 aromatic rings. The lowest BCUT2D eigenvalue weighted by Crippen LogP contribution is -2.48. The number of aliphatic hydroxyl groups is 1. The Hall–Kier alpha value is -2.35. The van der Waals surface area contributed by atoms with Gasteiger partial charge in [0.1, 0.15) is 11.6 Å². The fourth-order valence-electron chi connectivity index (χ4n) is 3.27. The number of anilines is 2. The van der Waals surface area contributed by atoms with Gasteiger partial charge in [0.05, 0.1) is 17.4 Å². The van der Waals surface area contributed by atoms with Crippen LogP contribution in [0.25, 0.3) is 0 Å². The molecule has 0 radical (unpaired) electrons. The third-order valence-corrected chi connectivity index (χ3v) is 4.88. The second-order valence-corrected chi connectivity index (χ2v) is 7.35. The minimum Gasteiger partial charge on any atom is -0.507 e. The van der Waals surface area contributed by atoms with Gasteiger partial charge in [0.25, 0.3) is 5.91 Å². The molecule has 150 valence electrons. The molecule has 1 saturated heterocycles. The summed E-state index contributed by atoms with van der Waals surface area (Å²) in [4.78, 5) is 16.4. The first-order chi connectivity index (χ1) is 13.3. The second-order valence-electron chi connectivity index (χ2n) is 6.92. The van der Waals surface area contributed by atoms with Crippen LogP contribution in [0, 0.1) is 5.82 Å². The molecule has 1 unspecified atom stereocenters. The maximum absolute atomic E-state index is 14.6. The standard InChI is InChI=1S/C20H23ClFN3O3/c1-13(26)12-24-6-8-25(9-7-24)18-4-3-15(11-17(18)22)23-20(28)16-10-14(21)2-5-19(16)27/h2-5,10-11,13,26-27H,6-9,12H2,1H3,(H,23,28). The van der Waals surface area contributed by atoms with Gasteiger partial charge < -0.3 is 20.4 Å². The number of hydrogen-bond acceptors (Lipinski definition) is 5. The molecule has 3 N–H and O–H groups in total. The predicted molar refractivity (Wildman–Crippen MR) is 108 cm³/mol. The van der Waals surface area contributed by atoms with Gasteiger partial charge in [-0.3, -0.25) is 9.69 Å². The van der Waals surface area contributed by atoms with Crippen LogP contribution in [0.2, 0.25) is 5.02 Å². The van der Waals surface area contributed by atoms with Crippen molar-refractivity contribution in [3.8, 4) is 5.75 Å². The number of phenols is 1. The molecule has 6 nitrogen and oxygen atoms in total. The van der Waals surface area contributed by atoms with Crippen molar-refractivity contribution in [3.63, 3.8) is 0 Å². The van der Waals surface area contributed by atoms with E-state index in [1.807, 2.05) is 4.90 Å². The van der Waals surface area contributed by atoms with E-state index >= 15 is 0 Å². The van der Waals surface area contributed by atoms with E-state index < -0.39 is 11.7 Å². The lowest BCUT2D eigenvalue weighted by atomic mass is 10.1. The van der Waals surface area contributed by atoms with Gasteiger partial charge in [0, 0.05) is 43.4 Å². The number of carbonyl (C=O) groups excluding carboxylic acids is 1. The SMILES string of the molecule is CC(O)CN1CCN(c2ccc(NC(=O)c3cc(Cl)ccc3O)cc2F)CC1. The van der Waals surface area contributed by atoms with Gasteiger partial charge in [-0.25, -0.2) is 4.39 Å². The van der Waals surface area contributed by atoms with E-state index in [4.69, 9.17) is 11.6 Å². The van der Waals surface area contributed by atoms with Crippen LogP contribution in [0.15, 0.2) is 36.4 Å². The van der Waals surface area contributed by atoms with E-state index in [9.17, 15) is 19.4 Å². The highest BCUT2D eigenvalue weighted by molar-refractivity contribution is 6.31. The van der Waals surface area contributed by atoms with Crippen molar-refractivity contribution in [2.45, 2.75) is 13.0 Å². The Morgan fingerprint density at radius 1 is 1.21 bits per heavy atom. The number of piperazine rings is 1. The molecule has 1 heterocycles. The number of carbonyl (C=O) groups is 1. The molecule has 0 bridgehead atoms. The fourth-order valence-corrected chi connectivity index (χ4v) is 3.45. The van der Waals surface area contributed by atoms with Gasteiger partial charge >= 0.3 is 0 Å². The van der Waals surface area contributed by atoms with Crippen LogP contribution < -0.4 is 10.2 Å². The first kappa shape index (κ1) is 20.4. The largest absolute Gasteiger partial charge is 0.507 e. The summed E-state index contributed by atoms with van der Waals surface area (Å²) in [6.45, 7) is 5.17. The second kappa shape index (κ2) is 8.77. The van der Waals surface area contributed by atoms with Gasteiger partial charge in [0.2, 0.25) is 0 Å². The smallest absolute Gasteiger partial charge is 0.259 e. The normalized spacial score (nSPS) is 16.1. The van der Waals surface area contributed by atoms with Crippen LogP contribution in [-0.2, 0) is 0 Å². The molecule has 0 aliphatic carbocycles. The number of nitrogens with zero attached hydrogens (tertiary/aromatic N) is 2. The fraction of sp³-hybridized carbons (Fsp3) is 0.350. The van der Waals surface area contributed by atoms with Crippen LogP contribution in [0.1, 0.15) is 17.3 Å². The quantitative estimate of drug-likeness (QED) is 0.710. The van der Waals surface area contributed by atoms with Crippen molar-refractivity contribution in [1.82, 2.24) is 4.90 Å². The molecule has 28 heavy (non-hydrogen) atoms. The number of benzene rings is 2. The topological polar surface area (TPSA) is 76.0 Å². The molecule has 1 aliphatic rings. The Morgan fingerprint density at radius 3 is 2.57 bits per heavy atom. The maximum Gasteiger partial charge on any atom is 0.259 e. The zero-order valence-electron chi connectivity index (χ0n) is 15.5. The zero-order chi connectivity index (χ0) is 20.3. The third-order valence-electron chi connectivity index (χ3n) is 4.64.